The first-order valence-electron chi connectivity index (χ1n) is 6.15. The second-order valence-corrected chi connectivity index (χ2v) is 4.34. The van der Waals surface area contributed by atoms with Gasteiger partial charge in [-0.3, -0.25) is 10.1 Å². The van der Waals surface area contributed by atoms with E-state index >= 15 is 0 Å². The lowest BCUT2D eigenvalue weighted by atomic mass is 10.1. The molecule has 3 N–H and O–H groups in total. The van der Waals surface area contributed by atoms with Crippen LogP contribution in [-0.2, 0) is 0 Å². The van der Waals surface area contributed by atoms with E-state index in [1.54, 1.807) is 18.3 Å². The van der Waals surface area contributed by atoms with Gasteiger partial charge in [0.05, 0.1) is 4.92 Å². The van der Waals surface area contributed by atoms with Crippen molar-refractivity contribution < 1.29 is 4.92 Å². The molecule has 2 rings (SSSR count). The van der Waals surface area contributed by atoms with Crippen molar-refractivity contribution in [3.8, 4) is 0 Å². The Morgan fingerprint density at radius 1 is 1.47 bits per heavy atom. The number of nitro benzene ring substituents is 1. The SMILES string of the molecule is CCC(N)CNc1ccc([N+](=O)[O-])c2ncccc12. The van der Waals surface area contributed by atoms with Crippen molar-refractivity contribution >= 4 is 22.3 Å². The third-order valence-corrected chi connectivity index (χ3v) is 3.02. The van der Waals surface area contributed by atoms with Crippen LogP contribution in [0.15, 0.2) is 30.5 Å². The number of nitro groups is 1. The molecule has 0 amide bonds. The lowest BCUT2D eigenvalue weighted by Crippen LogP contribution is -2.28. The number of nitrogens with two attached hydrogens (primary N) is 1. The molecule has 2 aromatic rings. The molecule has 0 saturated carbocycles. The maximum absolute atomic E-state index is 11.0. The summed E-state index contributed by atoms with van der Waals surface area (Å²) in [6.07, 6.45) is 2.42. The van der Waals surface area contributed by atoms with Gasteiger partial charge >= 0.3 is 0 Å². The molecule has 0 aliphatic rings. The molecule has 1 aromatic heterocycles. The highest BCUT2D eigenvalue weighted by Crippen LogP contribution is 2.29. The minimum absolute atomic E-state index is 0.0148. The van der Waals surface area contributed by atoms with Gasteiger partial charge in [0.1, 0.15) is 5.52 Å². The Morgan fingerprint density at radius 3 is 2.95 bits per heavy atom. The van der Waals surface area contributed by atoms with Gasteiger partial charge in [-0.15, -0.1) is 0 Å². The molecule has 0 aliphatic heterocycles. The Bertz CT molecular complexity index is 600. The lowest BCUT2D eigenvalue weighted by molar-refractivity contribution is -0.383. The molecule has 0 aliphatic carbocycles. The maximum Gasteiger partial charge on any atom is 0.295 e. The van der Waals surface area contributed by atoms with Crippen LogP contribution in [0.3, 0.4) is 0 Å². The van der Waals surface area contributed by atoms with Gasteiger partial charge in [-0.25, -0.2) is 4.98 Å². The van der Waals surface area contributed by atoms with E-state index in [9.17, 15) is 10.1 Å². The van der Waals surface area contributed by atoms with E-state index in [4.69, 9.17) is 5.73 Å². The molecule has 100 valence electrons. The largest absolute Gasteiger partial charge is 0.383 e. The Balaban J connectivity index is 2.41. The zero-order valence-corrected chi connectivity index (χ0v) is 10.7. The summed E-state index contributed by atoms with van der Waals surface area (Å²) in [5, 5.41) is 14.9. The lowest BCUT2D eigenvalue weighted by Gasteiger charge is -2.13. The van der Waals surface area contributed by atoms with E-state index in [-0.39, 0.29) is 11.7 Å². The van der Waals surface area contributed by atoms with Gasteiger partial charge in [-0.05, 0) is 24.6 Å². The van der Waals surface area contributed by atoms with Crippen LogP contribution in [0, 0.1) is 10.1 Å². The van der Waals surface area contributed by atoms with Gasteiger partial charge in [-0.1, -0.05) is 6.92 Å². The van der Waals surface area contributed by atoms with Crippen LogP contribution in [0.4, 0.5) is 11.4 Å². The topological polar surface area (TPSA) is 94.1 Å². The number of nitrogens with zero attached hydrogens (tertiary/aromatic N) is 2. The van der Waals surface area contributed by atoms with E-state index in [1.807, 2.05) is 13.0 Å². The van der Waals surface area contributed by atoms with Crippen molar-refractivity contribution in [2.24, 2.45) is 5.73 Å². The Hall–Kier alpha value is -2.21. The standard InChI is InChI=1S/C13H16N4O2/c1-2-9(14)8-16-11-5-6-12(17(18)19)13-10(11)4-3-7-15-13/h3-7,9,16H,2,8,14H2,1H3. The number of hydrogen-bond acceptors (Lipinski definition) is 5. The summed E-state index contributed by atoms with van der Waals surface area (Å²) in [6, 6.07) is 6.80. The zero-order valence-electron chi connectivity index (χ0n) is 10.7. The highest BCUT2D eigenvalue weighted by Gasteiger charge is 2.15. The minimum Gasteiger partial charge on any atom is -0.383 e. The summed E-state index contributed by atoms with van der Waals surface area (Å²) in [7, 11) is 0. The number of anilines is 1. The molecule has 1 unspecified atom stereocenters. The average Bonchev–Trinajstić information content (AvgIpc) is 2.43. The molecule has 0 spiro atoms. The van der Waals surface area contributed by atoms with Gasteiger partial charge in [0.25, 0.3) is 5.69 Å². The number of pyridine rings is 1. The summed E-state index contributed by atoms with van der Waals surface area (Å²) in [6.45, 7) is 2.64. The van der Waals surface area contributed by atoms with Crippen LogP contribution in [0.5, 0.6) is 0 Å². The molecular formula is C13H16N4O2. The van der Waals surface area contributed by atoms with E-state index < -0.39 is 4.92 Å². The first-order valence-corrected chi connectivity index (χ1v) is 6.15. The third kappa shape index (κ3) is 2.79. The smallest absolute Gasteiger partial charge is 0.295 e. The fraction of sp³-hybridized carbons (Fsp3) is 0.308. The van der Waals surface area contributed by atoms with Crippen LogP contribution in [0.2, 0.25) is 0 Å². The second-order valence-electron chi connectivity index (χ2n) is 4.34. The highest BCUT2D eigenvalue weighted by atomic mass is 16.6. The van der Waals surface area contributed by atoms with E-state index in [1.165, 1.54) is 6.07 Å². The van der Waals surface area contributed by atoms with Crippen LogP contribution >= 0.6 is 0 Å². The number of nitrogens with one attached hydrogen (secondary N) is 1. The Kier molecular flexibility index (Phi) is 3.91. The van der Waals surface area contributed by atoms with E-state index in [0.717, 1.165) is 17.5 Å². The Morgan fingerprint density at radius 2 is 2.26 bits per heavy atom. The number of hydrogen-bond donors (Lipinski definition) is 2. The van der Waals surface area contributed by atoms with E-state index in [2.05, 4.69) is 10.3 Å². The van der Waals surface area contributed by atoms with Crippen molar-refractivity contribution in [1.82, 2.24) is 4.98 Å². The molecule has 1 heterocycles. The predicted octanol–water partition coefficient (Wildman–Crippen LogP) is 2.29. The first kappa shape index (κ1) is 13.2. The summed E-state index contributed by atoms with van der Waals surface area (Å²) in [4.78, 5) is 14.6. The highest BCUT2D eigenvalue weighted by molar-refractivity contribution is 5.96. The van der Waals surface area contributed by atoms with Crippen molar-refractivity contribution in [2.75, 3.05) is 11.9 Å². The summed E-state index contributed by atoms with van der Waals surface area (Å²) in [5.41, 5.74) is 7.08. The fourth-order valence-corrected chi connectivity index (χ4v) is 1.84. The fourth-order valence-electron chi connectivity index (χ4n) is 1.84. The second kappa shape index (κ2) is 5.62. The van der Waals surface area contributed by atoms with Gasteiger partial charge in [0.2, 0.25) is 0 Å². The molecular weight excluding hydrogens is 244 g/mol. The normalized spacial score (nSPS) is 12.3. The minimum atomic E-state index is -0.420. The van der Waals surface area contributed by atoms with Gasteiger partial charge in [-0.2, -0.15) is 0 Å². The van der Waals surface area contributed by atoms with Crippen LogP contribution in [0.25, 0.3) is 10.9 Å². The average molecular weight is 260 g/mol. The Labute approximate surface area is 110 Å². The monoisotopic (exact) mass is 260 g/mol. The number of non-ortho nitro benzene ring substituents is 1. The molecule has 6 nitrogen and oxygen atoms in total. The van der Waals surface area contributed by atoms with Crippen LogP contribution in [0.1, 0.15) is 13.3 Å². The first-order chi connectivity index (χ1) is 9.13. The molecule has 6 heteroatoms. The van der Waals surface area contributed by atoms with Gasteiger partial charge < -0.3 is 11.1 Å². The molecule has 0 bridgehead atoms. The van der Waals surface area contributed by atoms with Crippen molar-refractivity contribution in [3.05, 3.63) is 40.6 Å². The van der Waals surface area contributed by atoms with Crippen molar-refractivity contribution in [1.29, 1.82) is 0 Å². The molecule has 1 atom stereocenters. The quantitative estimate of drug-likeness (QED) is 0.635. The number of aromatic nitrogens is 1. The van der Waals surface area contributed by atoms with Crippen LogP contribution in [-0.4, -0.2) is 22.5 Å². The molecule has 0 saturated heterocycles. The molecule has 0 fully saturated rings. The summed E-state index contributed by atoms with van der Waals surface area (Å²) >= 11 is 0. The number of fused-ring (bicyclic) bond motifs is 1. The predicted molar refractivity (Wildman–Crippen MR) is 75.2 cm³/mol. The zero-order chi connectivity index (χ0) is 13.8. The van der Waals surface area contributed by atoms with E-state index in [0.29, 0.717) is 12.1 Å². The van der Waals surface area contributed by atoms with Crippen molar-refractivity contribution in [3.63, 3.8) is 0 Å². The van der Waals surface area contributed by atoms with Crippen LogP contribution < -0.4 is 11.1 Å². The molecule has 1 aromatic carbocycles. The number of rotatable bonds is 5. The molecule has 19 heavy (non-hydrogen) atoms. The maximum atomic E-state index is 11.0. The number of benzene rings is 1. The summed E-state index contributed by atoms with van der Waals surface area (Å²) < 4.78 is 0. The third-order valence-electron chi connectivity index (χ3n) is 3.02. The van der Waals surface area contributed by atoms with Gasteiger partial charge in [0, 0.05) is 35.9 Å². The van der Waals surface area contributed by atoms with Gasteiger partial charge in [0.15, 0.2) is 0 Å². The molecule has 0 radical (unpaired) electrons. The van der Waals surface area contributed by atoms with Crippen molar-refractivity contribution in [2.45, 2.75) is 19.4 Å². The summed E-state index contributed by atoms with van der Waals surface area (Å²) in [5.74, 6) is 0.